The number of benzene rings is 1. The van der Waals surface area contributed by atoms with Crippen molar-refractivity contribution in [3.8, 4) is 0 Å². The number of carbonyl (C=O) groups excluding carboxylic acids is 1. The van der Waals surface area contributed by atoms with Crippen LogP contribution in [-0.4, -0.2) is 11.8 Å². The van der Waals surface area contributed by atoms with Gasteiger partial charge in [0.05, 0.1) is 4.47 Å². The number of carbonyl (C=O) groups is 1. The van der Waals surface area contributed by atoms with Crippen LogP contribution < -0.4 is 5.32 Å². The number of rotatable bonds is 3. The van der Waals surface area contributed by atoms with Crippen LogP contribution in [0, 0.1) is 5.82 Å². The topological polar surface area (TPSA) is 29.1 Å². The van der Waals surface area contributed by atoms with E-state index in [4.69, 9.17) is 11.6 Å². The highest BCUT2D eigenvalue weighted by molar-refractivity contribution is 9.10. The van der Waals surface area contributed by atoms with E-state index in [0.717, 1.165) is 5.56 Å². The van der Waals surface area contributed by atoms with Crippen molar-refractivity contribution in [1.29, 1.82) is 0 Å². The van der Waals surface area contributed by atoms with Gasteiger partial charge in [0.1, 0.15) is 11.7 Å². The summed E-state index contributed by atoms with van der Waals surface area (Å²) in [6.45, 7) is 0.352. The van der Waals surface area contributed by atoms with Gasteiger partial charge in [-0.3, -0.25) is 4.79 Å². The number of amides is 1. The van der Waals surface area contributed by atoms with E-state index in [-0.39, 0.29) is 17.6 Å². The lowest BCUT2D eigenvalue weighted by Gasteiger charge is -2.03. The maximum atomic E-state index is 12.8. The normalized spacial score (nSPS) is 9.93. The molecule has 0 radical (unpaired) electrons. The molecule has 0 aliphatic rings. The molecule has 0 unspecified atom stereocenters. The van der Waals surface area contributed by atoms with E-state index in [1.165, 1.54) is 6.07 Å². The maximum Gasteiger partial charge on any atom is 0.235 e. The highest BCUT2D eigenvalue weighted by Crippen LogP contribution is 2.16. The minimum absolute atomic E-state index is 0.0671. The zero-order valence-corrected chi connectivity index (χ0v) is 9.53. The first-order valence-corrected chi connectivity index (χ1v) is 5.23. The highest BCUT2D eigenvalue weighted by Gasteiger charge is 2.02. The number of hydrogen-bond acceptors (Lipinski definition) is 1. The standard InChI is InChI=1S/C9H8BrClFNO/c10-7-3-6(1-2-8(7)12)5-13-9(14)4-11/h1-3H,4-5H2,(H,13,14). The molecule has 5 heteroatoms. The van der Waals surface area contributed by atoms with Crippen LogP contribution >= 0.6 is 27.5 Å². The van der Waals surface area contributed by atoms with Gasteiger partial charge in [0.2, 0.25) is 5.91 Å². The Hall–Kier alpha value is -0.610. The van der Waals surface area contributed by atoms with Gasteiger partial charge in [-0.05, 0) is 33.6 Å². The van der Waals surface area contributed by atoms with Gasteiger partial charge < -0.3 is 5.32 Å². The first-order valence-electron chi connectivity index (χ1n) is 3.90. The van der Waals surface area contributed by atoms with Gasteiger partial charge in [0, 0.05) is 6.54 Å². The maximum absolute atomic E-state index is 12.8. The molecule has 2 nitrogen and oxygen atoms in total. The minimum Gasteiger partial charge on any atom is -0.351 e. The van der Waals surface area contributed by atoms with E-state index in [1.54, 1.807) is 12.1 Å². The Labute approximate surface area is 94.6 Å². The first kappa shape index (κ1) is 11.5. The Morgan fingerprint density at radius 3 is 2.86 bits per heavy atom. The van der Waals surface area contributed by atoms with Crippen LogP contribution in [0.5, 0.6) is 0 Å². The van der Waals surface area contributed by atoms with Gasteiger partial charge in [0.25, 0.3) is 0 Å². The summed E-state index contributed by atoms with van der Waals surface area (Å²) in [5.74, 6) is -0.632. The van der Waals surface area contributed by atoms with Crippen LogP contribution in [0.3, 0.4) is 0 Å². The van der Waals surface area contributed by atoms with Gasteiger partial charge in [-0.25, -0.2) is 4.39 Å². The Bertz CT molecular complexity index is 346. The van der Waals surface area contributed by atoms with E-state index < -0.39 is 0 Å². The van der Waals surface area contributed by atoms with Crippen molar-refractivity contribution in [1.82, 2.24) is 5.32 Å². The average molecular weight is 281 g/mol. The Morgan fingerprint density at radius 1 is 1.57 bits per heavy atom. The summed E-state index contributed by atoms with van der Waals surface area (Å²) >= 11 is 8.35. The number of hydrogen-bond donors (Lipinski definition) is 1. The molecule has 1 aromatic rings. The average Bonchev–Trinajstić information content (AvgIpc) is 2.19. The molecule has 0 aromatic heterocycles. The van der Waals surface area contributed by atoms with Gasteiger partial charge in [-0.15, -0.1) is 11.6 Å². The summed E-state index contributed by atoms with van der Waals surface area (Å²) in [6.07, 6.45) is 0. The summed E-state index contributed by atoms with van der Waals surface area (Å²) in [7, 11) is 0. The molecule has 14 heavy (non-hydrogen) atoms. The van der Waals surface area contributed by atoms with Gasteiger partial charge >= 0.3 is 0 Å². The molecular weight excluding hydrogens is 272 g/mol. The largest absolute Gasteiger partial charge is 0.351 e. The van der Waals surface area contributed by atoms with Gasteiger partial charge in [0.15, 0.2) is 0 Å². The Morgan fingerprint density at radius 2 is 2.29 bits per heavy atom. The van der Waals surface area contributed by atoms with Crippen molar-refractivity contribution in [2.24, 2.45) is 0 Å². The van der Waals surface area contributed by atoms with Crippen LogP contribution in [0.15, 0.2) is 22.7 Å². The number of halogens is 3. The SMILES string of the molecule is O=C(CCl)NCc1ccc(F)c(Br)c1. The van der Waals surface area contributed by atoms with E-state index in [1.807, 2.05) is 0 Å². The van der Waals surface area contributed by atoms with Crippen LogP contribution in [0.2, 0.25) is 0 Å². The summed E-state index contributed by atoms with van der Waals surface area (Å²) in [5, 5.41) is 2.58. The molecule has 0 atom stereocenters. The lowest BCUT2D eigenvalue weighted by molar-refractivity contribution is -0.118. The van der Waals surface area contributed by atoms with Crippen molar-refractivity contribution in [2.45, 2.75) is 6.54 Å². The molecular formula is C9H8BrClFNO. The van der Waals surface area contributed by atoms with Crippen LogP contribution in [-0.2, 0) is 11.3 Å². The van der Waals surface area contributed by atoms with Gasteiger partial charge in [-0.2, -0.15) is 0 Å². The second kappa shape index (κ2) is 5.32. The third-order valence-corrected chi connectivity index (χ3v) is 2.45. The van der Waals surface area contributed by atoms with Crippen molar-refractivity contribution in [3.63, 3.8) is 0 Å². The molecule has 0 spiro atoms. The fourth-order valence-electron chi connectivity index (χ4n) is 0.897. The number of nitrogens with one attached hydrogen (secondary N) is 1. The zero-order chi connectivity index (χ0) is 10.6. The molecule has 0 aliphatic carbocycles. The number of alkyl halides is 1. The lowest BCUT2D eigenvalue weighted by Crippen LogP contribution is -2.23. The fraction of sp³-hybridized carbons (Fsp3) is 0.222. The second-order valence-corrected chi connectivity index (χ2v) is 3.78. The molecule has 0 fully saturated rings. The second-order valence-electron chi connectivity index (χ2n) is 2.66. The summed E-state index contributed by atoms with van der Waals surface area (Å²) in [4.78, 5) is 10.8. The Kier molecular flexibility index (Phi) is 4.35. The zero-order valence-electron chi connectivity index (χ0n) is 7.19. The molecule has 0 aliphatic heterocycles. The molecule has 0 saturated heterocycles. The molecule has 1 rings (SSSR count). The summed E-state index contributed by atoms with van der Waals surface area (Å²) in [5.41, 5.74) is 0.816. The summed E-state index contributed by atoms with van der Waals surface area (Å²) < 4.78 is 13.2. The molecule has 1 aromatic carbocycles. The van der Waals surface area contributed by atoms with E-state index in [2.05, 4.69) is 21.2 Å². The van der Waals surface area contributed by atoms with Crippen molar-refractivity contribution in [3.05, 3.63) is 34.1 Å². The highest BCUT2D eigenvalue weighted by atomic mass is 79.9. The molecule has 76 valence electrons. The van der Waals surface area contributed by atoms with Crippen molar-refractivity contribution >= 4 is 33.4 Å². The smallest absolute Gasteiger partial charge is 0.235 e. The van der Waals surface area contributed by atoms with E-state index in [0.29, 0.717) is 11.0 Å². The van der Waals surface area contributed by atoms with Crippen molar-refractivity contribution in [2.75, 3.05) is 5.88 Å². The van der Waals surface area contributed by atoms with E-state index >= 15 is 0 Å². The fourth-order valence-corrected chi connectivity index (χ4v) is 1.42. The minimum atomic E-state index is -0.322. The molecule has 0 bridgehead atoms. The van der Waals surface area contributed by atoms with Gasteiger partial charge in [-0.1, -0.05) is 6.07 Å². The van der Waals surface area contributed by atoms with Crippen LogP contribution in [0.4, 0.5) is 4.39 Å². The predicted molar refractivity (Wildman–Crippen MR) is 56.7 cm³/mol. The third kappa shape index (κ3) is 3.27. The molecule has 1 N–H and O–H groups in total. The summed E-state index contributed by atoms with van der Waals surface area (Å²) in [6, 6.07) is 4.56. The lowest BCUT2D eigenvalue weighted by atomic mass is 10.2. The monoisotopic (exact) mass is 279 g/mol. The van der Waals surface area contributed by atoms with E-state index in [9.17, 15) is 9.18 Å². The quantitative estimate of drug-likeness (QED) is 0.847. The Balaban J connectivity index is 2.60. The van der Waals surface area contributed by atoms with Crippen LogP contribution in [0.25, 0.3) is 0 Å². The third-order valence-electron chi connectivity index (χ3n) is 1.60. The first-order chi connectivity index (χ1) is 6.63. The molecule has 0 saturated carbocycles. The molecule has 1 amide bonds. The predicted octanol–water partition coefficient (Wildman–Crippen LogP) is 2.44. The van der Waals surface area contributed by atoms with Crippen LogP contribution in [0.1, 0.15) is 5.56 Å². The van der Waals surface area contributed by atoms with Crippen molar-refractivity contribution < 1.29 is 9.18 Å². The molecule has 0 heterocycles.